The second-order valence-corrected chi connectivity index (χ2v) is 7.61. The predicted octanol–water partition coefficient (Wildman–Crippen LogP) is 3.26. The molecule has 0 saturated heterocycles. The Morgan fingerprint density at radius 2 is 2.05 bits per heavy atom. The van der Waals surface area contributed by atoms with Crippen molar-refractivity contribution in [3.8, 4) is 0 Å². The third-order valence-electron chi connectivity index (χ3n) is 5.20. The number of aryl methyl sites for hydroxylation is 1. The Morgan fingerprint density at radius 3 is 2.60 bits per heavy atom. The number of imidazole rings is 1. The Balaban J connectivity index is 2.08. The van der Waals surface area contributed by atoms with Gasteiger partial charge in [-0.05, 0) is 56.0 Å². The lowest BCUT2D eigenvalue weighted by molar-refractivity contribution is 0.0966. The summed E-state index contributed by atoms with van der Waals surface area (Å²) >= 11 is 0. The zero-order valence-corrected chi connectivity index (χ0v) is 13.8. The van der Waals surface area contributed by atoms with Gasteiger partial charge in [0.2, 0.25) is 0 Å². The smallest absolute Gasteiger partial charge is 0.108 e. The summed E-state index contributed by atoms with van der Waals surface area (Å²) in [4.78, 5) is 4.53. The van der Waals surface area contributed by atoms with Gasteiger partial charge in [-0.1, -0.05) is 20.8 Å². The summed E-state index contributed by atoms with van der Waals surface area (Å²) in [5.41, 5.74) is 0.435. The van der Waals surface area contributed by atoms with Crippen LogP contribution >= 0.6 is 0 Å². The molecule has 114 valence electrons. The van der Waals surface area contributed by atoms with Crippen LogP contribution in [-0.2, 0) is 13.5 Å². The van der Waals surface area contributed by atoms with E-state index in [0.29, 0.717) is 5.41 Å². The molecular weight excluding hydrogens is 246 g/mol. The largest absolute Gasteiger partial charge is 0.338 e. The van der Waals surface area contributed by atoms with Crippen LogP contribution in [0, 0.1) is 23.2 Å². The lowest BCUT2D eigenvalue weighted by Gasteiger charge is -2.42. The molecule has 1 aromatic heterocycles. The van der Waals surface area contributed by atoms with Gasteiger partial charge in [0.05, 0.1) is 0 Å². The van der Waals surface area contributed by atoms with Crippen molar-refractivity contribution < 1.29 is 0 Å². The third-order valence-corrected chi connectivity index (χ3v) is 5.20. The fraction of sp³-hybridized carbons (Fsp3) is 0.824. The van der Waals surface area contributed by atoms with Gasteiger partial charge in [-0.3, -0.25) is 0 Å². The summed E-state index contributed by atoms with van der Waals surface area (Å²) in [6.07, 6.45) is 9.20. The van der Waals surface area contributed by atoms with Crippen LogP contribution < -0.4 is 5.32 Å². The van der Waals surface area contributed by atoms with Gasteiger partial charge in [0.15, 0.2) is 0 Å². The van der Waals surface area contributed by atoms with E-state index in [1.165, 1.54) is 25.1 Å². The Hall–Kier alpha value is -0.830. The van der Waals surface area contributed by atoms with Gasteiger partial charge in [-0.25, -0.2) is 4.98 Å². The minimum absolute atomic E-state index is 0.435. The van der Waals surface area contributed by atoms with Gasteiger partial charge in [0.1, 0.15) is 5.82 Å². The lowest BCUT2D eigenvalue weighted by Crippen LogP contribution is -2.37. The molecule has 1 fully saturated rings. The number of nitrogens with one attached hydrogen (secondary N) is 1. The second kappa shape index (κ2) is 6.30. The first kappa shape index (κ1) is 15.6. The third kappa shape index (κ3) is 3.63. The molecular formula is C17H31N3. The molecule has 3 heteroatoms. The highest BCUT2D eigenvalue weighted by molar-refractivity contribution is 4.96. The Labute approximate surface area is 124 Å². The molecule has 0 spiro atoms. The van der Waals surface area contributed by atoms with Gasteiger partial charge in [0.25, 0.3) is 0 Å². The molecule has 3 unspecified atom stereocenters. The van der Waals surface area contributed by atoms with Crippen molar-refractivity contribution in [2.24, 2.45) is 30.2 Å². The number of rotatable bonds is 4. The highest BCUT2D eigenvalue weighted by atomic mass is 15.0. The van der Waals surface area contributed by atoms with Gasteiger partial charge < -0.3 is 9.88 Å². The van der Waals surface area contributed by atoms with Gasteiger partial charge in [0, 0.05) is 25.9 Å². The van der Waals surface area contributed by atoms with E-state index in [4.69, 9.17) is 0 Å². The number of hydrogen-bond acceptors (Lipinski definition) is 2. The van der Waals surface area contributed by atoms with Gasteiger partial charge >= 0.3 is 0 Å². The van der Waals surface area contributed by atoms with E-state index in [9.17, 15) is 0 Å². The van der Waals surface area contributed by atoms with Crippen molar-refractivity contribution in [2.75, 3.05) is 13.6 Å². The minimum Gasteiger partial charge on any atom is -0.338 e. The van der Waals surface area contributed by atoms with Crippen molar-refractivity contribution in [1.29, 1.82) is 0 Å². The SMILES string of the molecule is CNCC1CCC(C(C)(C)C)CC1Cc1nccn1C. The number of nitrogens with zero attached hydrogens (tertiary/aromatic N) is 2. The standard InChI is InChI=1S/C17H31N3/c1-17(2,3)15-7-6-13(12-18-4)14(10-15)11-16-19-8-9-20(16)5/h8-9,13-15,18H,6-7,10-12H2,1-5H3. The van der Waals surface area contributed by atoms with Crippen LogP contribution in [0.2, 0.25) is 0 Å². The minimum atomic E-state index is 0.435. The van der Waals surface area contributed by atoms with Crippen LogP contribution in [-0.4, -0.2) is 23.1 Å². The van der Waals surface area contributed by atoms with Crippen LogP contribution in [0.5, 0.6) is 0 Å². The van der Waals surface area contributed by atoms with Crippen LogP contribution in [0.25, 0.3) is 0 Å². The molecule has 0 aliphatic heterocycles. The lowest BCUT2D eigenvalue weighted by atomic mass is 9.64. The first-order valence-corrected chi connectivity index (χ1v) is 8.02. The van der Waals surface area contributed by atoms with Crippen LogP contribution in [0.4, 0.5) is 0 Å². The molecule has 0 amide bonds. The van der Waals surface area contributed by atoms with Crippen molar-refractivity contribution in [3.63, 3.8) is 0 Å². The highest BCUT2D eigenvalue weighted by Crippen LogP contribution is 2.43. The van der Waals surface area contributed by atoms with Crippen molar-refractivity contribution >= 4 is 0 Å². The molecule has 3 nitrogen and oxygen atoms in total. The summed E-state index contributed by atoms with van der Waals surface area (Å²) in [6, 6.07) is 0. The molecule has 1 aromatic rings. The molecule has 1 saturated carbocycles. The number of aromatic nitrogens is 2. The molecule has 1 aliphatic rings. The first-order chi connectivity index (χ1) is 9.41. The van der Waals surface area contributed by atoms with Crippen molar-refractivity contribution in [1.82, 2.24) is 14.9 Å². The number of hydrogen-bond donors (Lipinski definition) is 1. The summed E-state index contributed by atoms with van der Waals surface area (Å²) in [5.74, 6) is 3.66. The molecule has 1 aliphatic carbocycles. The van der Waals surface area contributed by atoms with E-state index in [0.717, 1.165) is 30.7 Å². The van der Waals surface area contributed by atoms with Crippen LogP contribution in [0.1, 0.15) is 45.9 Å². The highest BCUT2D eigenvalue weighted by Gasteiger charge is 2.35. The van der Waals surface area contributed by atoms with Crippen LogP contribution in [0.15, 0.2) is 12.4 Å². The maximum atomic E-state index is 4.53. The fourth-order valence-electron chi connectivity index (χ4n) is 3.72. The molecule has 20 heavy (non-hydrogen) atoms. The second-order valence-electron chi connectivity index (χ2n) is 7.61. The van der Waals surface area contributed by atoms with E-state index in [1.54, 1.807) is 0 Å². The normalized spacial score (nSPS) is 27.8. The topological polar surface area (TPSA) is 29.9 Å². The van der Waals surface area contributed by atoms with E-state index >= 15 is 0 Å². The summed E-state index contributed by atoms with van der Waals surface area (Å²) in [7, 11) is 4.19. The van der Waals surface area contributed by atoms with Crippen LogP contribution in [0.3, 0.4) is 0 Å². The van der Waals surface area contributed by atoms with Crippen molar-refractivity contribution in [2.45, 2.75) is 46.5 Å². The van der Waals surface area contributed by atoms with Crippen molar-refractivity contribution in [3.05, 3.63) is 18.2 Å². The maximum Gasteiger partial charge on any atom is 0.108 e. The molecule has 0 bridgehead atoms. The molecule has 3 atom stereocenters. The maximum absolute atomic E-state index is 4.53. The average molecular weight is 277 g/mol. The fourth-order valence-corrected chi connectivity index (χ4v) is 3.72. The Morgan fingerprint density at radius 1 is 1.30 bits per heavy atom. The molecule has 1 N–H and O–H groups in total. The van der Waals surface area contributed by atoms with E-state index in [1.807, 2.05) is 6.20 Å². The van der Waals surface area contributed by atoms with E-state index in [2.05, 4.69) is 55.9 Å². The summed E-state index contributed by atoms with van der Waals surface area (Å²) < 4.78 is 2.18. The zero-order chi connectivity index (χ0) is 14.8. The summed E-state index contributed by atoms with van der Waals surface area (Å²) in [6.45, 7) is 8.33. The predicted molar refractivity (Wildman–Crippen MR) is 84.6 cm³/mol. The van der Waals surface area contributed by atoms with E-state index < -0.39 is 0 Å². The van der Waals surface area contributed by atoms with Gasteiger partial charge in [-0.15, -0.1) is 0 Å². The molecule has 1 heterocycles. The molecule has 2 rings (SSSR count). The summed E-state index contributed by atoms with van der Waals surface area (Å²) in [5, 5.41) is 3.39. The zero-order valence-electron chi connectivity index (χ0n) is 13.8. The van der Waals surface area contributed by atoms with Gasteiger partial charge in [-0.2, -0.15) is 0 Å². The average Bonchev–Trinajstić information content (AvgIpc) is 2.76. The molecule has 0 radical (unpaired) electrons. The monoisotopic (exact) mass is 277 g/mol. The van der Waals surface area contributed by atoms with E-state index in [-0.39, 0.29) is 0 Å². The molecule has 0 aromatic carbocycles. The first-order valence-electron chi connectivity index (χ1n) is 8.02. The quantitative estimate of drug-likeness (QED) is 0.915. The Bertz CT molecular complexity index is 416. The Kier molecular flexibility index (Phi) is 4.90.